The van der Waals surface area contributed by atoms with E-state index < -0.39 is 0 Å². The van der Waals surface area contributed by atoms with Crippen LogP contribution in [0, 0.1) is 5.21 Å². The van der Waals surface area contributed by atoms with E-state index in [4.69, 9.17) is 0 Å². The molecule has 0 radical (unpaired) electrons. The van der Waals surface area contributed by atoms with E-state index in [1.807, 2.05) is 0 Å². The van der Waals surface area contributed by atoms with Gasteiger partial charge in [0, 0.05) is 23.3 Å². The smallest absolute Gasteiger partial charge is 0.202 e. The van der Waals surface area contributed by atoms with Gasteiger partial charge in [0.1, 0.15) is 0 Å². The third-order valence-corrected chi connectivity index (χ3v) is 4.49. The number of hydrogen-bond donors (Lipinski definition) is 2. The maximum Gasteiger partial charge on any atom is 0.202 e. The van der Waals surface area contributed by atoms with Gasteiger partial charge in [-0.15, -0.1) is 0 Å². The van der Waals surface area contributed by atoms with E-state index in [1.165, 1.54) is 17.0 Å². The number of hydrogen-bond acceptors (Lipinski definition) is 3. The molecule has 1 saturated carbocycles. The Kier molecular flexibility index (Phi) is 1.94. The highest BCUT2D eigenvalue weighted by atomic mass is 16.5. The van der Waals surface area contributed by atoms with Crippen molar-refractivity contribution in [3.63, 3.8) is 0 Å². The SMILES string of the molecule is [O-][n+]1ccc(-n2c(O)c3c(c2O)[C@H]2CC[C@@H]3C2)cc1. The second-order valence-electron chi connectivity index (χ2n) is 5.43. The van der Waals surface area contributed by atoms with E-state index in [9.17, 15) is 15.4 Å². The van der Waals surface area contributed by atoms with Crippen LogP contribution in [-0.4, -0.2) is 14.8 Å². The Morgan fingerprint density at radius 3 is 2.11 bits per heavy atom. The van der Waals surface area contributed by atoms with Crippen LogP contribution in [0.25, 0.3) is 5.69 Å². The lowest BCUT2D eigenvalue weighted by molar-refractivity contribution is -0.605. The van der Waals surface area contributed by atoms with E-state index in [1.54, 1.807) is 12.1 Å². The van der Waals surface area contributed by atoms with Crippen LogP contribution in [0.3, 0.4) is 0 Å². The average Bonchev–Trinajstić information content (AvgIpc) is 3.06. The molecule has 2 aliphatic carbocycles. The normalized spacial score (nSPS) is 23.8. The van der Waals surface area contributed by atoms with Gasteiger partial charge in [-0.25, -0.2) is 0 Å². The van der Waals surface area contributed by atoms with Crippen molar-refractivity contribution in [1.29, 1.82) is 0 Å². The summed E-state index contributed by atoms with van der Waals surface area (Å²) in [6, 6.07) is 3.17. The first-order valence-corrected chi connectivity index (χ1v) is 6.52. The highest BCUT2D eigenvalue weighted by Crippen LogP contribution is 2.60. The molecule has 0 amide bonds. The van der Waals surface area contributed by atoms with Crippen LogP contribution < -0.4 is 4.73 Å². The minimum atomic E-state index is 0.128. The molecule has 2 bridgehead atoms. The predicted octanol–water partition coefficient (Wildman–Crippen LogP) is 1.89. The molecule has 0 aliphatic heterocycles. The number of nitrogens with zero attached hydrogens (tertiary/aromatic N) is 2. The Labute approximate surface area is 109 Å². The van der Waals surface area contributed by atoms with Gasteiger partial charge in [-0.2, -0.15) is 4.73 Å². The fourth-order valence-corrected chi connectivity index (χ4v) is 3.69. The topological polar surface area (TPSA) is 72.3 Å². The van der Waals surface area contributed by atoms with Crippen LogP contribution in [0.4, 0.5) is 0 Å². The van der Waals surface area contributed by atoms with Crippen molar-refractivity contribution in [3.05, 3.63) is 40.9 Å². The Morgan fingerprint density at radius 2 is 1.58 bits per heavy atom. The largest absolute Gasteiger partial charge is 0.619 e. The van der Waals surface area contributed by atoms with Crippen molar-refractivity contribution in [2.45, 2.75) is 31.1 Å². The summed E-state index contributed by atoms with van der Waals surface area (Å²) < 4.78 is 2.12. The highest BCUT2D eigenvalue weighted by Gasteiger charge is 2.44. The first-order chi connectivity index (χ1) is 9.16. The van der Waals surface area contributed by atoms with Crippen molar-refractivity contribution in [2.24, 2.45) is 0 Å². The Balaban J connectivity index is 1.93. The minimum Gasteiger partial charge on any atom is -0.619 e. The molecule has 2 aromatic heterocycles. The summed E-state index contributed by atoms with van der Waals surface area (Å²) in [6.07, 6.45) is 5.93. The van der Waals surface area contributed by atoms with Crippen molar-refractivity contribution in [1.82, 2.24) is 4.57 Å². The zero-order valence-electron chi connectivity index (χ0n) is 10.3. The van der Waals surface area contributed by atoms with Gasteiger partial charge in [-0.3, -0.25) is 4.57 Å². The zero-order valence-corrected chi connectivity index (χ0v) is 10.3. The molecule has 5 nitrogen and oxygen atoms in total. The minimum absolute atomic E-state index is 0.128. The number of rotatable bonds is 1. The lowest BCUT2D eigenvalue weighted by atomic mass is 9.95. The van der Waals surface area contributed by atoms with Crippen molar-refractivity contribution >= 4 is 0 Å². The van der Waals surface area contributed by atoms with E-state index in [0.29, 0.717) is 22.3 Å². The van der Waals surface area contributed by atoms with Gasteiger partial charge in [0.2, 0.25) is 11.8 Å². The lowest BCUT2D eigenvalue weighted by Crippen LogP contribution is -2.23. The fraction of sp³-hybridized carbons (Fsp3) is 0.357. The molecule has 1 fully saturated rings. The molecule has 0 aromatic carbocycles. The van der Waals surface area contributed by atoms with Gasteiger partial charge in [-0.1, -0.05) is 0 Å². The summed E-state index contributed by atoms with van der Waals surface area (Å²) >= 11 is 0. The van der Waals surface area contributed by atoms with Gasteiger partial charge in [0.05, 0.1) is 5.69 Å². The maximum absolute atomic E-state index is 11.1. The summed E-state index contributed by atoms with van der Waals surface area (Å²) in [6.45, 7) is 0. The quantitative estimate of drug-likeness (QED) is 0.606. The van der Waals surface area contributed by atoms with Crippen LogP contribution in [0.15, 0.2) is 24.5 Å². The van der Waals surface area contributed by atoms with Crippen LogP contribution >= 0.6 is 0 Å². The van der Waals surface area contributed by atoms with Crippen molar-refractivity contribution in [2.75, 3.05) is 0 Å². The Bertz CT molecular complexity index is 627. The van der Waals surface area contributed by atoms with E-state index in [2.05, 4.69) is 0 Å². The summed E-state index contributed by atoms with van der Waals surface area (Å²) in [5.74, 6) is 1.01. The number of aromatic hydroxyl groups is 2. The van der Waals surface area contributed by atoms with Gasteiger partial charge < -0.3 is 15.4 Å². The monoisotopic (exact) mass is 258 g/mol. The maximum atomic E-state index is 11.1. The van der Waals surface area contributed by atoms with E-state index >= 15 is 0 Å². The molecule has 2 heterocycles. The van der Waals surface area contributed by atoms with Gasteiger partial charge in [0.25, 0.3) is 0 Å². The van der Waals surface area contributed by atoms with Crippen LogP contribution in [0.5, 0.6) is 11.8 Å². The molecule has 0 spiro atoms. The second-order valence-corrected chi connectivity index (χ2v) is 5.43. The second kappa shape index (κ2) is 3.44. The predicted molar refractivity (Wildman–Crippen MR) is 67.4 cm³/mol. The third-order valence-electron chi connectivity index (χ3n) is 4.49. The molecule has 0 saturated heterocycles. The standard InChI is InChI=1S/C14H14N2O3/c17-13-11-8-1-2-9(7-8)12(11)14(18)16(13)10-3-5-15(19)6-4-10/h3-6,8-9,17-18H,1-2,7H2/t8-,9+. The van der Waals surface area contributed by atoms with Crippen LogP contribution in [0.1, 0.15) is 42.2 Å². The summed E-state index contributed by atoms with van der Waals surface area (Å²) in [5, 5.41) is 31.8. The van der Waals surface area contributed by atoms with Gasteiger partial charge in [0.15, 0.2) is 12.4 Å². The Hall–Kier alpha value is -2.17. The molecule has 0 unspecified atom stereocenters. The van der Waals surface area contributed by atoms with E-state index in [-0.39, 0.29) is 11.8 Å². The average molecular weight is 258 g/mol. The van der Waals surface area contributed by atoms with Crippen molar-refractivity contribution in [3.8, 4) is 17.4 Å². The third kappa shape index (κ3) is 1.27. The molecule has 19 heavy (non-hydrogen) atoms. The number of pyridine rings is 1. The Morgan fingerprint density at radius 1 is 1.05 bits per heavy atom. The fourth-order valence-electron chi connectivity index (χ4n) is 3.69. The molecule has 98 valence electrons. The summed E-state index contributed by atoms with van der Waals surface area (Å²) in [5.41, 5.74) is 2.43. The van der Waals surface area contributed by atoms with E-state index in [0.717, 1.165) is 30.4 Å². The highest BCUT2D eigenvalue weighted by molar-refractivity contribution is 5.58. The number of aromatic nitrogens is 2. The lowest BCUT2D eigenvalue weighted by Gasteiger charge is -2.09. The molecule has 2 N–H and O–H groups in total. The summed E-state index contributed by atoms with van der Waals surface area (Å²) in [7, 11) is 0. The van der Waals surface area contributed by atoms with Crippen molar-refractivity contribution < 1.29 is 14.9 Å². The molecular weight excluding hydrogens is 244 g/mol. The van der Waals surface area contributed by atoms with Gasteiger partial charge in [-0.05, 0) is 31.1 Å². The summed E-state index contributed by atoms with van der Waals surface area (Å²) in [4.78, 5) is 0. The van der Waals surface area contributed by atoms with Crippen LogP contribution in [-0.2, 0) is 0 Å². The first kappa shape index (κ1) is 10.7. The molecule has 5 heteroatoms. The molecule has 4 rings (SSSR count). The molecule has 2 aromatic rings. The zero-order chi connectivity index (χ0) is 13.1. The van der Waals surface area contributed by atoms with Gasteiger partial charge >= 0.3 is 0 Å². The first-order valence-electron chi connectivity index (χ1n) is 6.52. The molecule has 2 atom stereocenters. The molecule has 2 aliphatic rings. The number of fused-ring (bicyclic) bond motifs is 5. The van der Waals surface area contributed by atoms with Crippen LogP contribution in [0.2, 0.25) is 0 Å². The molecular formula is C14H14N2O3.